The number of carbonyl (C=O) groups excluding carboxylic acids is 1. The van der Waals surface area contributed by atoms with Gasteiger partial charge in [0.1, 0.15) is 6.23 Å². The number of rotatable bonds is 1. The molecule has 1 heterocycles. The molecule has 0 aromatic carbocycles. The molecule has 2 atom stereocenters. The number of ether oxygens (including phenoxy) is 1. The molecule has 3 N–H and O–H groups in total. The van der Waals surface area contributed by atoms with Crippen LogP contribution in [0.2, 0.25) is 0 Å². The summed E-state index contributed by atoms with van der Waals surface area (Å²) in [6.45, 7) is 2.19. The van der Waals surface area contributed by atoms with E-state index >= 15 is 0 Å². The van der Waals surface area contributed by atoms with Gasteiger partial charge in [-0.3, -0.25) is 4.79 Å². The van der Waals surface area contributed by atoms with E-state index in [9.17, 15) is 4.79 Å². The van der Waals surface area contributed by atoms with Crippen molar-refractivity contribution in [1.29, 1.82) is 0 Å². The van der Waals surface area contributed by atoms with Crippen molar-refractivity contribution in [3.63, 3.8) is 0 Å². The number of amides is 1. The number of hydrogen-bond donors (Lipinski definition) is 2. The Morgan fingerprint density at radius 3 is 3.00 bits per heavy atom. The molecule has 0 aliphatic carbocycles. The molecule has 1 aliphatic heterocycles. The molecule has 0 spiro atoms. The molecule has 1 amide bonds. The van der Waals surface area contributed by atoms with Crippen LogP contribution in [0.15, 0.2) is 0 Å². The summed E-state index contributed by atoms with van der Waals surface area (Å²) in [6.07, 6.45) is 1.56. The van der Waals surface area contributed by atoms with Crippen LogP contribution in [-0.2, 0) is 9.53 Å². The predicted molar refractivity (Wildman–Crippen MR) is 40.8 cm³/mol. The van der Waals surface area contributed by atoms with Gasteiger partial charge in [-0.25, -0.2) is 0 Å². The second-order valence-corrected chi connectivity index (χ2v) is 2.78. The minimum Gasteiger partial charge on any atom is -0.361 e. The van der Waals surface area contributed by atoms with Crippen molar-refractivity contribution in [1.82, 2.24) is 5.32 Å². The smallest absolute Gasteiger partial charge is 0.217 e. The van der Waals surface area contributed by atoms with Crippen LogP contribution >= 0.6 is 0 Å². The van der Waals surface area contributed by atoms with E-state index in [0.29, 0.717) is 6.61 Å². The molecule has 4 nitrogen and oxygen atoms in total. The minimum atomic E-state index is -0.326. The third-order valence-electron chi connectivity index (χ3n) is 1.75. The summed E-state index contributed by atoms with van der Waals surface area (Å²) in [7, 11) is 0. The second-order valence-electron chi connectivity index (χ2n) is 2.78. The Hall–Kier alpha value is -0.610. The number of nitrogens with one attached hydrogen (secondary N) is 1. The highest BCUT2D eigenvalue weighted by Gasteiger charge is 2.22. The lowest BCUT2D eigenvalue weighted by Gasteiger charge is -2.28. The van der Waals surface area contributed by atoms with E-state index < -0.39 is 0 Å². The highest BCUT2D eigenvalue weighted by Crippen LogP contribution is 2.09. The monoisotopic (exact) mass is 158 g/mol. The molecule has 0 radical (unpaired) electrons. The van der Waals surface area contributed by atoms with E-state index in [1.165, 1.54) is 6.92 Å². The lowest BCUT2D eigenvalue weighted by molar-refractivity contribution is -0.121. The Balaban J connectivity index is 2.35. The molecular formula is C7H14N2O2. The third-order valence-corrected chi connectivity index (χ3v) is 1.75. The van der Waals surface area contributed by atoms with Crippen molar-refractivity contribution < 1.29 is 9.53 Å². The van der Waals surface area contributed by atoms with Crippen molar-refractivity contribution in [3.05, 3.63) is 0 Å². The molecule has 64 valence electrons. The fourth-order valence-corrected chi connectivity index (χ4v) is 1.22. The molecule has 1 fully saturated rings. The molecule has 4 heteroatoms. The van der Waals surface area contributed by atoms with Gasteiger partial charge in [0.15, 0.2) is 0 Å². The third kappa shape index (κ3) is 2.48. The fourth-order valence-electron chi connectivity index (χ4n) is 1.22. The molecule has 1 rings (SSSR count). The molecule has 1 saturated heterocycles. The van der Waals surface area contributed by atoms with Crippen LogP contribution in [-0.4, -0.2) is 24.8 Å². The van der Waals surface area contributed by atoms with Crippen LogP contribution in [0.3, 0.4) is 0 Å². The first kappa shape index (κ1) is 8.49. The quantitative estimate of drug-likeness (QED) is 0.545. The maximum absolute atomic E-state index is 10.6. The molecule has 1 aliphatic rings. The normalized spacial score (nSPS) is 31.5. The highest BCUT2D eigenvalue weighted by molar-refractivity contribution is 5.73. The summed E-state index contributed by atoms with van der Waals surface area (Å²) < 4.78 is 5.15. The predicted octanol–water partition coefficient (Wildman–Crippen LogP) is -0.414. The SMILES string of the molecule is CC(=O)NC1CCCOC1N. The Morgan fingerprint density at radius 2 is 2.45 bits per heavy atom. The lowest BCUT2D eigenvalue weighted by Crippen LogP contribution is -2.50. The van der Waals surface area contributed by atoms with Crippen molar-refractivity contribution in [2.45, 2.75) is 32.0 Å². The summed E-state index contributed by atoms with van der Waals surface area (Å²) in [5, 5.41) is 2.74. The largest absolute Gasteiger partial charge is 0.361 e. The average molecular weight is 158 g/mol. The van der Waals surface area contributed by atoms with E-state index in [1.54, 1.807) is 0 Å². The van der Waals surface area contributed by atoms with Crippen LogP contribution < -0.4 is 11.1 Å². The Morgan fingerprint density at radius 1 is 1.73 bits per heavy atom. The molecule has 2 unspecified atom stereocenters. The van der Waals surface area contributed by atoms with Crippen LogP contribution in [0.5, 0.6) is 0 Å². The molecule has 11 heavy (non-hydrogen) atoms. The van der Waals surface area contributed by atoms with Crippen molar-refractivity contribution in [3.8, 4) is 0 Å². The van der Waals surface area contributed by atoms with Crippen LogP contribution in [0, 0.1) is 0 Å². The first-order valence-corrected chi connectivity index (χ1v) is 3.84. The van der Waals surface area contributed by atoms with E-state index in [0.717, 1.165) is 12.8 Å². The Kier molecular flexibility index (Phi) is 2.84. The van der Waals surface area contributed by atoms with Crippen molar-refractivity contribution in [2.75, 3.05) is 6.61 Å². The second kappa shape index (κ2) is 3.69. The number of hydrogen-bond acceptors (Lipinski definition) is 3. The van der Waals surface area contributed by atoms with Gasteiger partial charge in [0, 0.05) is 13.5 Å². The van der Waals surface area contributed by atoms with Gasteiger partial charge in [0.05, 0.1) is 6.04 Å². The zero-order valence-electron chi connectivity index (χ0n) is 6.67. The summed E-state index contributed by atoms with van der Waals surface area (Å²) >= 11 is 0. The van der Waals surface area contributed by atoms with Gasteiger partial charge in [-0.1, -0.05) is 0 Å². The van der Waals surface area contributed by atoms with Crippen LogP contribution in [0.1, 0.15) is 19.8 Å². The Bertz CT molecular complexity index is 149. The molecule has 0 bridgehead atoms. The zero-order chi connectivity index (χ0) is 8.27. The zero-order valence-corrected chi connectivity index (χ0v) is 6.67. The van der Waals surface area contributed by atoms with Crippen molar-refractivity contribution in [2.24, 2.45) is 5.73 Å². The maximum Gasteiger partial charge on any atom is 0.217 e. The molecule has 0 aromatic rings. The van der Waals surface area contributed by atoms with E-state index in [2.05, 4.69) is 5.32 Å². The number of carbonyl (C=O) groups is 1. The molecular weight excluding hydrogens is 144 g/mol. The van der Waals surface area contributed by atoms with E-state index in [-0.39, 0.29) is 18.2 Å². The number of nitrogens with two attached hydrogens (primary N) is 1. The highest BCUT2D eigenvalue weighted by atomic mass is 16.5. The summed E-state index contributed by atoms with van der Waals surface area (Å²) in [5.41, 5.74) is 5.59. The van der Waals surface area contributed by atoms with Gasteiger partial charge < -0.3 is 15.8 Å². The van der Waals surface area contributed by atoms with Gasteiger partial charge in [0.2, 0.25) is 5.91 Å². The van der Waals surface area contributed by atoms with Gasteiger partial charge in [-0.15, -0.1) is 0 Å². The first-order valence-electron chi connectivity index (χ1n) is 3.84. The van der Waals surface area contributed by atoms with Crippen LogP contribution in [0.25, 0.3) is 0 Å². The average Bonchev–Trinajstić information content (AvgIpc) is 1.93. The maximum atomic E-state index is 10.6. The minimum absolute atomic E-state index is 0.00116. The van der Waals surface area contributed by atoms with E-state index in [4.69, 9.17) is 10.5 Å². The van der Waals surface area contributed by atoms with Gasteiger partial charge >= 0.3 is 0 Å². The summed E-state index contributed by atoms with van der Waals surface area (Å²) in [5.74, 6) is -0.0454. The fraction of sp³-hybridized carbons (Fsp3) is 0.857. The van der Waals surface area contributed by atoms with Crippen molar-refractivity contribution >= 4 is 5.91 Å². The van der Waals surface area contributed by atoms with Gasteiger partial charge in [0.25, 0.3) is 0 Å². The molecule has 0 saturated carbocycles. The topological polar surface area (TPSA) is 64.3 Å². The van der Waals surface area contributed by atoms with Gasteiger partial charge in [-0.05, 0) is 12.8 Å². The summed E-state index contributed by atoms with van der Waals surface area (Å²) in [6, 6.07) is 0.00116. The standard InChI is InChI=1S/C7H14N2O2/c1-5(10)9-6-3-2-4-11-7(6)8/h6-7H,2-4,8H2,1H3,(H,9,10). The lowest BCUT2D eigenvalue weighted by atomic mass is 10.1. The Labute approximate surface area is 66.1 Å². The first-order chi connectivity index (χ1) is 5.20. The molecule has 0 aromatic heterocycles. The van der Waals surface area contributed by atoms with Crippen LogP contribution in [0.4, 0.5) is 0 Å². The van der Waals surface area contributed by atoms with E-state index in [1.807, 2.05) is 0 Å². The van der Waals surface area contributed by atoms with Gasteiger partial charge in [-0.2, -0.15) is 0 Å². The summed E-state index contributed by atoms with van der Waals surface area (Å²) in [4.78, 5) is 10.6.